The maximum absolute atomic E-state index is 12.5. The molecule has 30 heavy (non-hydrogen) atoms. The zero-order chi connectivity index (χ0) is 21.7. The standard InChI is InChI=1S/C18H22F3N7O2/c1-22-17(23-5-8-30-15-4-3-13(9-24-15)18(19,20)21)27-6-7-28(16(29)12-27)14-10-25-26(2)11-14/h3-4,9-11H,5-8,12H2,1-2H3,(H,22,23). The molecule has 1 aliphatic rings. The Morgan fingerprint density at radius 2 is 2.10 bits per heavy atom. The number of aliphatic imine (C=N–C) groups is 1. The number of amides is 1. The summed E-state index contributed by atoms with van der Waals surface area (Å²) in [6.07, 6.45) is -0.270. The Morgan fingerprint density at radius 1 is 1.30 bits per heavy atom. The number of anilines is 1. The molecule has 2 aromatic heterocycles. The number of alkyl halides is 3. The first kappa shape index (κ1) is 21.4. The number of halogens is 3. The molecule has 0 aromatic carbocycles. The number of pyridine rings is 1. The van der Waals surface area contributed by atoms with Gasteiger partial charge in [0, 0.05) is 45.6 Å². The van der Waals surface area contributed by atoms with Crippen molar-refractivity contribution in [3.63, 3.8) is 0 Å². The molecule has 1 aliphatic heterocycles. The van der Waals surface area contributed by atoms with Gasteiger partial charge in [-0.05, 0) is 6.07 Å². The fraction of sp³-hybridized carbons (Fsp3) is 0.444. The summed E-state index contributed by atoms with van der Waals surface area (Å²) < 4.78 is 44.6. The Morgan fingerprint density at radius 3 is 2.67 bits per heavy atom. The van der Waals surface area contributed by atoms with Crippen molar-refractivity contribution in [3.05, 3.63) is 36.3 Å². The molecule has 3 heterocycles. The van der Waals surface area contributed by atoms with Crippen molar-refractivity contribution in [2.45, 2.75) is 6.18 Å². The minimum absolute atomic E-state index is 0.0672. The van der Waals surface area contributed by atoms with Crippen LogP contribution in [0.1, 0.15) is 5.56 Å². The van der Waals surface area contributed by atoms with Crippen LogP contribution in [-0.2, 0) is 18.0 Å². The van der Waals surface area contributed by atoms with E-state index in [-0.39, 0.29) is 24.9 Å². The predicted octanol–water partition coefficient (Wildman–Crippen LogP) is 1.14. The normalized spacial score (nSPS) is 15.5. The van der Waals surface area contributed by atoms with Crippen molar-refractivity contribution in [2.24, 2.45) is 12.0 Å². The van der Waals surface area contributed by atoms with Crippen LogP contribution in [0.25, 0.3) is 0 Å². The van der Waals surface area contributed by atoms with Gasteiger partial charge in [-0.15, -0.1) is 0 Å². The second-order valence-electron chi connectivity index (χ2n) is 6.54. The van der Waals surface area contributed by atoms with Crippen LogP contribution in [0.3, 0.4) is 0 Å². The molecule has 0 atom stereocenters. The number of hydrogen-bond donors (Lipinski definition) is 1. The molecule has 162 valence electrons. The van der Waals surface area contributed by atoms with Crippen LogP contribution < -0.4 is 15.0 Å². The maximum atomic E-state index is 12.5. The quantitative estimate of drug-likeness (QED) is 0.439. The van der Waals surface area contributed by atoms with Crippen molar-refractivity contribution in [2.75, 3.05) is 44.7 Å². The molecule has 2 aromatic rings. The second kappa shape index (κ2) is 9.01. The van der Waals surface area contributed by atoms with E-state index in [1.165, 1.54) is 6.07 Å². The zero-order valence-electron chi connectivity index (χ0n) is 16.6. The summed E-state index contributed by atoms with van der Waals surface area (Å²) in [6, 6.07) is 2.09. The molecule has 9 nitrogen and oxygen atoms in total. The highest BCUT2D eigenvalue weighted by molar-refractivity contribution is 5.98. The third kappa shape index (κ3) is 5.19. The van der Waals surface area contributed by atoms with Crippen molar-refractivity contribution >= 4 is 17.6 Å². The first-order chi connectivity index (χ1) is 14.3. The molecular formula is C18H22F3N7O2. The van der Waals surface area contributed by atoms with Crippen molar-refractivity contribution in [3.8, 4) is 5.88 Å². The van der Waals surface area contributed by atoms with Gasteiger partial charge in [-0.3, -0.25) is 14.5 Å². The van der Waals surface area contributed by atoms with Crippen molar-refractivity contribution in [1.29, 1.82) is 0 Å². The smallest absolute Gasteiger partial charge is 0.417 e. The van der Waals surface area contributed by atoms with E-state index in [1.807, 2.05) is 4.90 Å². The number of nitrogens with one attached hydrogen (secondary N) is 1. The van der Waals surface area contributed by atoms with Crippen molar-refractivity contribution in [1.82, 2.24) is 25.0 Å². The summed E-state index contributed by atoms with van der Waals surface area (Å²) in [5, 5.41) is 7.17. The van der Waals surface area contributed by atoms with E-state index in [2.05, 4.69) is 20.4 Å². The monoisotopic (exact) mass is 425 g/mol. The van der Waals surface area contributed by atoms with E-state index in [0.717, 1.165) is 18.0 Å². The maximum Gasteiger partial charge on any atom is 0.417 e. The summed E-state index contributed by atoms with van der Waals surface area (Å²) in [6.45, 7) is 1.75. The van der Waals surface area contributed by atoms with Gasteiger partial charge in [0.2, 0.25) is 11.8 Å². The summed E-state index contributed by atoms with van der Waals surface area (Å²) in [4.78, 5) is 23.8. The summed E-state index contributed by atoms with van der Waals surface area (Å²) in [5.74, 6) is 0.570. The van der Waals surface area contributed by atoms with Gasteiger partial charge in [0.15, 0.2) is 5.96 Å². The molecular weight excluding hydrogens is 403 g/mol. The van der Waals surface area contributed by atoms with Crippen LogP contribution in [0.2, 0.25) is 0 Å². The molecule has 1 amide bonds. The van der Waals surface area contributed by atoms with E-state index >= 15 is 0 Å². The van der Waals surface area contributed by atoms with Gasteiger partial charge in [-0.25, -0.2) is 4.98 Å². The Kier molecular flexibility index (Phi) is 6.43. The average molecular weight is 425 g/mol. The minimum Gasteiger partial charge on any atom is -0.476 e. The first-order valence-corrected chi connectivity index (χ1v) is 9.18. The van der Waals surface area contributed by atoms with Crippen LogP contribution >= 0.6 is 0 Å². The number of aromatic nitrogens is 3. The number of guanidine groups is 1. The summed E-state index contributed by atoms with van der Waals surface area (Å²) in [7, 11) is 3.40. The van der Waals surface area contributed by atoms with E-state index in [9.17, 15) is 18.0 Å². The summed E-state index contributed by atoms with van der Waals surface area (Å²) in [5.41, 5.74) is -0.0778. The van der Waals surface area contributed by atoms with E-state index in [1.54, 1.807) is 36.1 Å². The lowest BCUT2D eigenvalue weighted by Crippen LogP contribution is -2.55. The Bertz CT molecular complexity index is 896. The molecule has 1 saturated heterocycles. The lowest BCUT2D eigenvalue weighted by atomic mass is 10.3. The zero-order valence-corrected chi connectivity index (χ0v) is 16.6. The highest BCUT2D eigenvalue weighted by atomic mass is 19.4. The highest BCUT2D eigenvalue weighted by Gasteiger charge is 2.31. The van der Waals surface area contributed by atoms with Gasteiger partial charge in [-0.1, -0.05) is 0 Å². The SMILES string of the molecule is CN=C(NCCOc1ccc(C(F)(F)F)cn1)N1CCN(c2cnn(C)c2)C(=O)C1. The van der Waals surface area contributed by atoms with Crippen LogP contribution in [0.4, 0.5) is 18.9 Å². The second-order valence-corrected chi connectivity index (χ2v) is 6.54. The molecule has 1 N–H and O–H groups in total. The fourth-order valence-corrected chi connectivity index (χ4v) is 2.96. The number of nitrogens with zero attached hydrogens (tertiary/aromatic N) is 6. The molecule has 3 rings (SSSR count). The molecule has 0 unspecified atom stereocenters. The molecule has 0 bridgehead atoms. The lowest BCUT2D eigenvalue weighted by Gasteiger charge is -2.35. The van der Waals surface area contributed by atoms with Crippen LogP contribution in [0, 0.1) is 0 Å². The van der Waals surface area contributed by atoms with Crippen LogP contribution in [0.15, 0.2) is 35.7 Å². The summed E-state index contributed by atoms with van der Waals surface area (Å²) >= 11 is 0. The number of ether oxygens (including phenoxy) is 1. The third-order valence-corrected chi connectivity index (χ3v) is 4.43. The van der Waals surface area contributed by atoms with E-state index in [4.69, 9.17) is 4.74 Å². The van der Waals surface area contributed by atoms with E-state index < -0.39 is 11.7 Å². The molecule has 1 fully saturated rings. The topological polar surface area (TPSA) is 87.9 Å². The number of hydrogen-bond acceptors (Lipinski definition) is 5. The van der Waals surface area contributed by atoms with Crippen LogP contribution in [-0.4, -0.2) is 71.4 Å². The molecule has 0 radical (unpaired) electrons. The highest BCUT2D eigenvalue weighted by Crippen LogP contribution is 2.29. The van der Waals surface area contributed by atoms with Gasteiger partial charge >= 0.3 is 6.18 Å². The van der Waals surface area contributed by atoms with Gasteiger partial charge in [0.25, 0.3) is 0 Å². The van der Waals surface area contributed by atoms with Crippen molar-refractivity contribution < 1.29 is 22.7 Å². The average Bonchev–Trinajstić information content (AvgIpc) is 3.13. The van der Waals surface area contributed by atoms with Gasteiger partial charge in [0.05, 0.1) is 24.0 Å². The molecule has 0 aliphatic carbocycles. The molecule has 0 saturated carbocycles. The first-order valence-electron chi connectivity index (χ1n) is 9.18. The van der Waals surface area contributed by atoms with Gasteiger partial charge in [-0.2, -0.15) is 18.3 Å². The van der Waals surface area contributed by atoms with E-state index in [0.29, 0.717) is 25.6 Å². The third-order valence-electron chi connectivity index (χ3n) is 4.43. The lowest BCUT2D eigenvalue weighted by molar-refractivity contribution is -0.137. The van der Waals surface area contributed by atoms with Gasteiger partial charge in [0.1, 0.15) is 13.2 Å². The Labute approximate surface area is 171 Å². The molecule has 0 spiro atoms. The fourth-order valence-electron chi connectivity index (χ4n) is 2.96. The van der Waals surface area contributed by atoms with Crippen LogP contribution in [0.5, 0.6) is 5.88 Å². The number of rotatable bonds is 5. The largest absolute Gasteiger partial charge is 0.476 e. The Balaban J connectivity index is 1.45. The minimum atomic E-state index is -4.43. The number of carbonyl (C=O) groups excluding carboxylic acids is 1. The number of piperazine rings is 1. The number of aryl methyl sites for hydroxylation is 1. The molecule has 12 heteroatoms. The number of carbonyl (C=O) groups is 1. The predicted molar refractivity (Wildman–Crippen MR) is 103 cm³/mol. The Hall–Kier alpha value is -3.31. The van der Waals surface area contributed by atoms with Gasteiger partial charge < -0.3 is 19.9 Å².